The van der Waals surface area contributed by atoms with Crippen molar-refractivity contribution in [2.24, 2.45) is 17.6 Å². The summed E-state index contributed by atoms with van der Waals surface area (Å²) in [7, 11) is 0. The van der Waals surface area contributed by atoms with Gasteiger partial charge in [-0.05, 0) is 11.8 Å². The first-order chi connectivity index (χ1) is 5.22. The zero-order valence-electron chi connectivity index (χ0n) is 7.29. The molecule has 0 aromatic heterocycles. The maximum Gasteiger partial charge on any atom is 0.105 e. The number of hydrogen-bond acceptors (Lipinski definition) is 2. The SMILES string of the molecule is C[C@H](C(N)O)C1CCCCC1. The van der Waals surface area contributed by atoms with Gasteiger partial charge in [0, 0.05) is 0 Å². The van der Waals surface area contributed by atoms with Gasteiger partial charge in [-0.25, -0.2) is 0 Å². The molecule has 0 spiro atoms. The summed E-state index contributed by atoms with van der Waals surface area (Å²) in [6.45, 7) is 2.06. The molecule has 0 bridgehead atoms. The Morgan fingerprint density at radius 1 is 1.27 bits per heavy atom. The van der Waals surface area contributed by atoms with E-state index in [9.17, 15) is 0 Å². The van der Waals surface area contributed by atoms with Crippen molar-refractivity contribution in [3.63, 3.8) is 0 Å². The van der Waals surface area contributed by atoms with Gasteiger partial charge in [0.2, 0.25) is 0 Å². The van der Waals surface area contributed by atoms with Crippen LogP contribution < -0.4 is 5.73 Å². The van der Waals surface area contributed by atoms with Crippen molar-refractivity contribution < 1.29 is 5.11 Å². The molecule has 1 rings (SSSR count). The van der Waals surface area contributed by atoms with Crippen molar-refractivity contribution in [2.45, 2.75) is 45.3 Å². The molecule has 0 amide bonds. The zero-order chi connectivity index (χ0) is 8.27. The van der Waals surface area contributed by atoms with Crippen molar-refractivity contribution in [3.8, 4) is 0 Å². The summed E-state index contributed by atoms with van der Waals surface area (Å²) in [6.07, 6.45) is 5.91. The number of aliphatic hydroxyl groups is 1. The third kappa shape index (κ3) is 2.46. The minimum atomic E-state index is -0.613. The molecule has 0 radical (unpaired) electrons. The van der Waals surface area contributed by atoms with Crippen molar-refractivity contribution in [1.82, 2.24) is 0 Å². The predicted octanol–water partition coefficient (Wildman–Crippen LogP) is 1.48. The summed E-state index contributed by atoms with van der Waals surface area (Å²) in [4.78, 5) is 0. The van der Waals surface area contributed by atoms with Gasteiger partial charge >= 0.3 is 0 Å². The maximum atomic E-state index is 9.15. The first-order valence-corrected chi connectivity index (χ1v) is 4.65. The topological polar surface area (TPSA) is 46.2 Å². The Labute approximate surface area is 68.8 Å². The second-order valence-electron chi connectivity index (χ2n) is 3.75. The fourth-order valence-corrected chi connectivity index (χ4v) is 1.94. The van der Waals surface area contributed by atoms with E-state index in [2.05, 4.69) is 6.92 Å². The van der Waals surface area contributed by atoms with Crippen LogP contribution in [0.4, 0.5) is 0 Å². The first-order valence-electron chi connectivity index (χ1n) is 4.65. The highest BCUT2D eigenvalue weighted by molar-refractivity contribution is 4.73. The van der Waals surface area contributed by atoms with E-state index < -0.39 is 6.23 Å². The highest BCUT2D eigenvalue weighted by Gasteiger charge is 2.23. The fraction of sp³-hybridized carbons (Fsp3) is 1.00. The van der Waals surface area contributed by atoms with Crippen LogP contribution in [0.2, 0.25) is 0 Å². The van der Waals surface area contributed by atoms with Gasteiger partial charge in [0.25, 0.3) is 0 Å². The van der Waals surface area contributed by atoms with Crippen LogP contribution >= 0.6 is 0 Å². The predicted molar refractivity (Wildman–Crippen MR) is 45.9 cm³/mol. The Morgan fingerprint density at radius 3 is 2.27 bits per heavy atom. The molecular weight excluding hydrogens is 138 g/mol. The quantitative estimate of drug-likeness (QED) is 0.596. The van der Waals surface area contributed by atoms with Crippen molar-refractivity contribution in [1.29, 1.82) is 0 Å². The molecule has 2 heteroatoms. The van der Waals surface area contributed by atoms with Gasteiger partial charge in [-0.1, -0.05) is 39.0 Å². The Morgan fingerprint density at radius 2 is 1.82 bits per heavy atom. The molecule has 2 nitrogen and oxygen atoms in total. The number of rotatable bonds is 2. The van der Waals surface area contributed by atoms with Gasteiger partial charge in [-0.2, -0.15) is 0 Å². The fourth-order valence-electron chi connectivity index (χ4n) is 1.94. The number of hydrogen-bond donors (Lipinski definition) is 2. The molecule has 0 aromatic carbocycles. The van der Waals surface area contributed by atoms with Crippen LogP contribution in [0, 0.1) is 11.8 Å². The van der Waals surface area contributed by atoms with Crippen molar-refractivity contribution in [3.05, 3.63) is 0 Å². The summed E-state index contributed by atoms with van der Waals surface area (Å²) in [5, 5.41) is 9.15. The largest absolute Gasteiger partial charge is 0.379 e. The summed E-state index contributed by atoms with van der Waals surface area (Å²) < 4.78 is 0. The zero-order valence-corrected chi connectivity index (χ0v) is 7.29. The molecule has 1 saturated carbocycles. The second kappa shape index (κ2) is 4.07. The lowest BCUT2D eigenvalue weighted by Gasteiger charge is -2.29. The van der Waals surface area contributed by atoms with Crippen LogP contribution in [0.25, 0.3) is 0 Å². The summed E-state index contributed by atoms with van der Waals surface area (Å²) in [5.74, 6) is 0.957. The molecule has 1 aliphatic carbocycles. The van der Waals surface area contributed by atoms with E-state index in [4.69, 9.17) is 10.8 Å². The Balaban J connectivity index is 2.32. The standard InChI is InChI=1S/C9H19NO/c1-7(9(10)11)8-5-3-2-4-6-8/h7-9,11H,2-6,10H2,1H3/t7-,9?/m0/s1. The normalized spacial score (nSPS) is 26.5. The molecule has 1 aliphatic rings. The summed E-state index contributed by atoms with van der Waals surface area (Å²) in [5.41, 5.74) is 5.42. The van der Waals surface area contributed by atoms with E-state index in [1.165, 1.54) is 32.1 Å². The van der Waals surface area contributed by atoms with Gasteiger partial charge in [0.05, 0.1) is 0 Å². The molecule has 0 aromatic rings. The molecule has 1 unspecified atom stereocenters. The van der Waals surface area contributed by atoms with Crippen LogP contribution in [-0.4, -0.2) is 11.3 Å². The average Bonchev–Trinajstić information content (AvgIpc) is 2.05. The molecule has 0 saturated heterocycles. The maximum absolute atomic E-state index is 9.15. The number of nitrogens with two attached hydrogens (primary N) is 1. The molecular formula is C9H19NO. The van der Waals surface area contributed by atoms with E-state index >= 15 is 0 Å². The van der Waals surface area contributed by atoms with Gasteiger partial charge in [-0.15, -0.1) is 0 Å². The lowest BCUT2D eigenvalue weighted by molar-refractivity contribution is 0.0741. The van der Waals surface area contributed by atoms with Crippen LogP contribution in [0.3, 0.4) is 0 Å². The molecule has 0 heterocycles. The van der Waals surface area contributed by atoms with Gasteiger partial charge in [0.15, 0.2) is 0 Å². The van der Waals surface area contributed by atoms with Gasteiger partial charge < -0.3 is 10.8 Å². The van der Waals surface area contributed by atoms with Gasteiger partial charge in [-0.3, -0.25) is 0 Å². The first kappa shape index (κ1) is 9.01. The van der Waals surface area contributed by atoms with E-state index in [-0.39, 0.29) is 5.92 Å². The van der Waals surface area contributed by atoms with E-state index in [1.54, 1.807) is 0 Å². The lowest BCUT2D eigenvalue weighted by atomic mass is 9.80. The van der Waals surface area contributed by atoms with Crippen molar-refractivity contribution in [2.75, 3.05) is 0 Å². The van der Waals surface area contributed by atoms with E-state index in [0.29, 0.717) is 5.92 Å². The summed E-state index contributed by atoms with van der Waals surface area (Å²) in [6, 6.07) is 0. The van der Waals surface area contributed by atoms with Crippen LogP contribution in [0.5, 0.6) is 0 Å². The molecule has 1 fully saturated rings. The third-order valence-electron chi connectivity index (χ3n) is 2.93. The second-order valence-corrected chi connectivity index (χ2v) is 3.75. The van der Waals surface area contributed by atoms with Crippen LogP contribution in [-0.2, 0) is 0 Å². The molecule has 3 N–H and O–H groups in total. The van der Waals surface area contributed by atoms with Crippen molar-refractivity contribution >= 4 is 0 Å². The van der Waals surface area contributed by atoms with Crippen LogP contribution in [0.15, 0.2) is 0 Å². The Hall–Kier alpha value is -0.0800. The lowest BCUT2D eigenvalue weighted by Crippen LogP contribution is -2.33. The third-order valence-corrected chi connectivity index (χ3v) is 2.93. The van der Waals surface area contributed by atoms with Crippen LogP contribution in [0.1, 0.15) is 39.0 Å². The minimum Gasteiger partial charge on any atom is -0.379 e. The highest BCUT2D eigenvalue weighted by Crippen LogP contribution is 2.30. The Kier molecular flexibility index (Phi) is 3.34. The smallest absolute Gasteiger partial charge is 0.105 e. The number of aliphatic hydroxyl groups excluding tert-OH is 1. The Bertz CT molecular complexity index is 108. The van der Waals surface area contributed by atoms with E-state index in [0.717, 1.165) is 0 Å². The summed E-state index contributed by atoms with van der Waals surface area (Å²) >= 11 is 0. The monoisotopic (exact) mass is 157 g/mol. The minimum absolute atomic E-state index is 0.287. The van der Waals surface area contributed by atoms with Gasteiger partial charge in [0.1, 0.15) is 6.23 Å². The van der Waals surface area contributed by atoms with E-state index in [1.807, 2.05) is 0 Å². The molecule has 11 heavy (non-hydrogen) atoms. The molecule has 0 aliphatic heterocycles. The average molecular weight is 157 g/mol. The molecule has 2 atom stereocenters. The molecule has 66 valence electrons. The highest BCUT2D eigenvalue weighted by atomic mass is 16.3.